The van der Waals surface area contributed by atoms with Gasteiger partial charge in [0.25, 0.3) is 0 Å². The first-order chi connectivity index (χ1) is 15.5. The quantitative estimate of drug-likeness (QED) is 0.513. The molecular weight excluding hydrogens is 404 g/mol. The number of benzene rings is 1. The molecule has 3 N–H and O–H groups in total. The molecule has 0 bridgehead atoms. The number of carbonyl (C=O) groups excluding carboxylic acids is 1. The molecule has 0 spiro atoms. The van der Waals surface area contributed by atoms with E-state index < -0.39 is 5.79 Å². The van der Waals surface area contributed by atoms with E-state index in [1.807, 2.05) is 56.3 Å². The molecular formula is C25H28N4O3. The first-order valence-corrected chi connectivity index (χ1v) is 11.1. The Hall–Kier alpha value is -3.16. The fourth-order valence-electron chi connectivity index (χ4n) is 4.37. The molecule has 1 fully saturated rings. The van der Waals surface area contributed by atoms with Gasteiger partial charge in [-0.2, -0.15) is 0 Å². The molecule has 1 aromatic carbocycles. The molecule has 1 aliphatic carbocycles. The van der Waals surface area contributed by atoms with E-state index in [0.717, 1.165) is 52.5 Å². The molecule has 3 heterocycles. The predicted molar refractivity (Wildman–Crippen MR) is 124 cm³/mol. The summed E-state index contributed by atoms with van der Waals surface area (Å²) in [6.07, 6.45) is 4.08. The molecule has 5 rings (SSSR count). The summed E-state index contributed by atoms with van der Waals surface area (Å²) in [5.74, 6) is 0.385. The van der Waals surface area contributed by atoms with E-state index in [2.05, 4.69) is 20.6 Å². The summed E-state index contributed by atoms with van der Waals surface area (Å²) >= 11 is 0. The maximum Gasteiger partial charge on any atom is 0.166 e. The number of hydrogen-bond acceptors (Lipinski definition) is 6. The number of rotatable bonds is 6. The van der Waals surface area contributed by atoms with Crippen molar-refractivity contribution in [2.45, 2.75) is 45.0 Å². The Bertz CT molecular complexity index is 1120. The third-order valence-corrected chi connectivity index (χ3v) is 5.86. The maximum absolute atomic E-state index is 12.8. The van der Waals surface area contributed by atoms with Crippen molar-refractivity contribution in [3.63, 3.8) is 0 Å². The number of nitrogens with one attached hydrogen (secondary N) is 3. The minimum Gasteiger partial charge on any atom is -0.367 e. The zero-order valence-corrected chi connectivity index (χ0v) is 18.4. The molecule has 7 heteroatoms. The standard InChI is InChI=1S/C25H28N4O3/c1-25(2)31-15-18(32-25)14-27-21-13-16(11-12-26-21)23-24(28-17-7-4-3-5-8-17)22-19(29-23)9-6-10-20(22)30/h3-5,7-8,11-13,18,28-29H,6,9-10,14-15H2,1-2H3,(H,26,27)/t18-/m0/s1. The molecule has 0 amide bonds. The van der Waals surface area contributed by atoms with Gasteiger partial charge in [-0.05, 0) is 51.0 Å². The van der Waals surface area contributed by atoms with Gasteiger partial charge in [0, 0.05) is 36.1 Å². The van der Waals surface area contributed by atoms with Gasteiger partial charge in [-0.15, -0.1) is 0 Å². The van der Waals surface area contributed by atoms with E-state index in [4.69, 9.17) is 9.47 Å². The number of fused-ring (bicyclic) bond motifs is 1. The van der Waals surface area contributed by atoms with Gasteiger partial charge in [0.05, 0.1) is 23.6 Å². The van der Waals surface area contributed by atoms with Crippen molar-refractivity contribution in [1.29, 1.82) is 0 Å². The third-order valence-electron chi connectivity index (χ3n) is 5.86. The van der Waals surface area contributed by atoms with Gasteiger partial charge >= 0.3 is 0 Å². The van der Waals surface area contributed by atoms with Crippen LogP contribution in [-0.2, 0) is 15.9 Å². The number of hydrogen-bond donors (Lipinski definition) is 3. The molecule has 0 saturated carbocycles. The summed E-state index contributed by atoms with van der Waals surface area (Å²) in [6, 6.07) is 13.9. The summed E-state index contributed by atoms with van der Waals surface area (Å²) in [6.45, 7) is 4.99. The highest BCUT2D eigenvalue weighted by atomic mass is 16.7. The second kappa shape index (κ2) is 8.41. The van der Waals surface area contributed by atoms with E-state index in [1.54, 1.807) is 6.20 Å². The lowest BCUT2D eigenvalue weighted by Gasteiger charge is -2.17. The summed E-state index contributed by atoms with van der Waals surface area (Å²) in [7, 11) is 0. The van der Waals surface area contributed by atoms with Gasteiger partial charge in [-0.3, -0.25) is 4.79 Å². The minimum atomic E-state index is -0.546. The van der Waals surface area contributed by atoms with Gasteiger partial charge in [0.2, 0.25) is 0 Å². The molecule has 1 aliphatic heterocycles. The molecule has 32 heavy (non-hydrogen) atoms. The van der Waals surface area contributed by atoms with E-state index in [9.17, 15) is 4.79 Å². The molecule has 3 aromatic rings. The number of carbonyl (C=O) groups is 1. The fourth-order valence-corrected chi connectivity index (χ4v) is 4.37. The Morgan fingerprint density at radius 1 is 1.19 bits per heavy atom. The van der Waals surface area contributed by atoms with Crippen LogP contribution in [0.2, 0.25) is 0 Å². The van der Waals surface area contributed by atoms with Gasteiger partial charge in [-0.25, -0.2) is 4.98 Å². The van der Waals surface area contributed by atoms with E-state index in [0.29, 0.717) is 19.6 Å². The van der Waals surface area contributed by atoms with Crippen molar-refractivity contribution in [3.05, 3.63) is 59.9 Å². The van der Waals surface area contributed by atoms with Crippen LogP contribution in [0.1, 0.15) is 42.7 Å². The molecule has 0 radical (unpaired) electrons. The lowest BCUT2D eigenvalue weighted by atomic mass is 9.95. The number of anilines is 3. The topological polar surface area (TPSA) is 88.3 Å². The minimum absolute atomic E-state index is 0.0267. The Morgan fingerprint density at radius 3 is 2.81 bits per heavy atom. The van der Waals surface area contributed by atoms with Crippen LogP contribution in [0.3, 0.4) is 0 Å². The van der Waals surface area contributed by atoms with Crippen LogP contribution < -0.4 is 10.6 Å². The molecule has 166 valence electrons. The van der Waals surface area contributed by atoms with Crippen molar-refractivity contribution < 1.29 is 14.3 Å². The highest BCUT2D eigenvalue weighted by Gasteiger charge is 2.32. The fraction of sp³-hybridized carbons (Fsp3) is 0.360. The zero-order valence-electron chi connectivity index (χ0n) is 18.4. The summed E-state index contributed by atoms with van der Waals surface area (Å²) in [5.41, 5.74) is 5.43. The van der Waals surface area contributed by atoms with Crippen molar-refractivity contribution in [2.24, 2.45) is 0 Å². The van der Waals surface area contributed by atoms with Crippen molar-refractivity contribution >= 4 is 23.0 Å². The number of Topliss-reactive ketones (excluding diaryl/α,β-unsaturated/α-hetero) is 1. The smallest absolute Gasteiger partial charge is 0.166 e. The average Bonchev–Trinajstić information content (AvgIpc) is 3.33. The lowest BCUT2D eigenvalue weighted by molar-refractivity contribution is -0.136. The summed E-state index contributed by atoms with van der Waals surface area (Å²) in [5, 5.41) is 6.84. The largest absolute Gasteiger partial charge is 0.367 e. The highest BCUT2D eigenvalue weighted by molar-refractivity contribution is 6.07. The molecule has 1 saturated heterocycles. The predicted octanol–water partition coefficient (Wildman–Crippen LogP) is 4.90. The number of aromatic nitrogens is 2. The number of aromatic amines is 1. The molecule has 2 aromatic heterocycles. The van der Waals surface area contributed by atoms with Crippen LogP contribution in [0.25, 0.3) is 11.3 Å². The first-order valence-electron chi connectivity index (χ1n) is 11.1. The lowest BCUT2D eigenvalue weighted by Crippen LogP contribution is -2.26. The van der Waals surface area contributed by atoms with Gasteiger partial charge in [-0.1, -0.05) is 18.2 Å². The van der Waals surface area contributed by atoms with Crippen LogP contribution in [0.4, 0.5) is 17.2 Å². The molecule has 2 aliphatic rings. The number of para-hydroxylation sites is 1. The SMILES string of the molecule is CC1(C)OC[C@H](CNc2cc(-c3[nH]c4c(c3Nc3ccccc3)C(=O)CCC4)ccn2)O1. The third kappa shape index (κ3) is 4.26. The van der Waals surface area contributed by atoms with E-state index >= 15 is 0 Å². The molecule has 7 nitrogen and oxygen atoms in total. The van der Waals surface area contributed by atoms with Gasteiger partial charge < -0.3 is 25.1 Å². The van der Waals surface area contributed by atoms with Crippen LogP contribution in [0.5, 0.6) is 0 Å². The van der Waals surface area contributed by atoms with Crippen molar-refractivity contribution in [2.75, 3.05) is 23.8 Å². The maximum atomic E-state index is 12.8. The Kier molecular flexibility index (Phi) is 5.45. The normalized spacial score (nSPS) is 19.6. The summed E-state index contributed by atoms with van der Waals surface area (Å²) < 4.78 is 11.5. The monoisotopic (exact) mass is 432 g/mol. The zero-order chi connectivity index (χ0) is 22.1. The Balaban J connectivity index is 1.44. The molecule has 1 atom stereocenters. The van der Waals surface area contributed by atoms with Crippen LogP contribution >= 0.6 is 0 Å². The number of ether oxygens (including phenoxy) is 2. The van der Waals surface area contributed by atoms with Crippen LogP contribution in [0, 0.1) is 0 Å². The highest BCUT2D eigenvalue weighted by Crippen LogP contribution is 2.39. The molecule has 0 unspecified atom stereocenters. The Morgan fingerprint density at radius 2 is 2.03 bits per heavy atom. The average molecular weight is 433 g/mol. The van der Waals surface area contributed by atoms with Crippen LogP contribution in [-0.4, -0.2) is 40.8 Å². The first kappa shape index (κ1) is 20.7. The van der Waals surface area contributed by atoms with E-state index in [-0.39, 0.29) is 11.9 Å². The Labute approximate surface area is 187 Å². The second-order valence-corrected chi connectivity index (χ2v) is 8.76. The van der Waals surface area contributed by atoms with Crippen molar-refractivity contribution in [1.82, 2.24) is 9.97 Å². The number of aryl methyl sites for hydroxylation is 1. The number of H-pyrrole nitrogens is 1. The summed E-state index contributed by atoms with van der Waals surface area (Å²) in [4.78, 5) is 20.8. The van der Waals surface area contributed by atoms with Crippen LogP contribution in [0.15, 0.2) is 48.7 Å². The number of nitrogens with zero attached hydrogens (tertiary/aromatic N) is 1. The van der Waals surface area contributed by atoms with Gasteiger partial charge in [0.1, 0.15) is 11.9 Å². The number of pyridine rings is 1. The number of ketones is 1. The van der Waals surface area contributed by atoms with Gasteiger partial charge in [0.15, 0.2) is 11.6 Å². The second-order valence-electron chi connectivity index (χ2n) is 8.76. The van der Waals surface area contributed by atoms with Crippen molar-refractivity contribution in [3.8, 4) is 11.3 Å². The van der Waals surface area contributed by atoms with E-state index in [1.165, 1.54) is 0 Å².